The highest BCUT2D eigenvalue weighted by atomic mass is 28.3. The van der Waals surface area contributed by atoms with Crippen LogP contribution in [-0.2, 0) is 0 Å². The van der Waals surface area contributed by atoms with Crippen LogP contribution in [0.15, 0.2) is 24.3 Å². The third-order valence-electron chi connectivity index (χ3n) is 11.5. The molecule has 0 nitrogen and oxygen atoms in total. The highest BCUT2D eigenvalue weighted by Crippen LogP contribution is 2.30. The van der Waals surface area contributed by atoms with Crippen molar-refractivity contribution in [1.82, 2.24) is 0 Å². The Morgan fingerprint density at radius 2 is 0.731 bits per heavy atom. The van der Waals surface area contributed by atoms with Gasteiger partial charge in [0.15, 0.2) is 0 Å². The lowest BCUT2D eigenvalue weighted by Gasteiger charge is -2.23. The molecule has 4 atom stereocenters. The van der Waals surface area contributed by atoms with Crippen LogP contribution < -0.4 is 0 Å². The molecule has 0 aliphatic carbocycles. The molecule has 5 heteroatoms. The third kappa shape index (κ3) is 37.5. The molecule has 0 rings (SSSR count). The van der Waals surface area contributed by atoms with Crippen LogP contribution in [0.2, 0.25) is 101 Å². The molecule has 0 fully saturated rings. The molecule has 4 unspecified atom stereocenters. The first kappa shape index (κ1) is 45.3. The van der Waals surface area contributed by atoms with E-state index in [0.717, 1.165) is 49.9 Å². The first-order valence-corrected chi connectivity index (χ1v) is 37.2. The molecular weight excluding hydrogens is 705 g/mol. The Hall–Kier alpha value is 0.564. The topological polar surface area (TPSA) is 0 Å². The maximum absolute atomic E-state index is 9.18. The molecule has 52 heavy (non-hydrogen) atoms. The van der Waals surface area contributed by atoms with Crippen molar-refractivity contribution in [2.45, 2.75) is 250 Å². The van der Waals surface area contributed by atoms with E-state index in [2.05, 4.69) is 104 Å². The maximum Gasteiger partial charge on any atom is 0.0445 e. The molecule has 0 amide bonds. The van der Waals surface area contributed by atoms with E-state index in [0.29, 0.717) is 23.7 Å². The Morgan fingerprint density at radius 3 is 1.12 bits per heavy atom. The van der Waals surface area contributed by atoms with Gasteiger partial charge in [0.1, 0.15) is 0 Å². The van der Waals surface area contributed by atoms with Crippen LogP contribution in [0.25, 0.3) is 0 Å². The summed E-state index contributed by atoms with van der Waals surface area (Å²) in [6.07, 6.45) is 33.7. The van der Waals surface area contributed by atoms with E-state index in [4.69, 9.17) is 0 Å². The number of rotatable bonds is 37. The average Bonchev–Trinajstić information content (AvgIpc) is 3.08. The van der Waals surface area contributed by atoms with Crippen molar-refractivity contribution in [3.8, 4) is 0 Å². The summed E-state index contributed by atoms with van der Waals surface area (Å²) in [5.41, 5.74) is 0. The van der Waals surface area contributed by atoms with Gasteiger partial charge in [0, 0.05) is 47.9 Å². The monoisotopic (exact) mass is 815 g/mol. The number of hydrogen-bond donors (Lipinski definition) is 0. The smallest absolute Gasteiger partial charge is 0.0445 e. The van der Waals surface area contributed by atoms with E-state index in [1.165, 1.54) is 121 Å². The molecule has 310 valence electrons. The summed E-state index contributed by atoms with van der Waals surface area (Å²) in [6, 6.07) is 7.55. The van der Waals surface area contributed by atoms with Crippen LogP contribution >= 0.6 is 0 Å². The first-order valence-electron chi connectivity index (χ1n) is 25.3. The molecule has 0 bridgehead atoms. The van der Waals surface area contributed by atoms with Gasteiger partial charge < -0.3 is 0 Å². The van der Waals surface area contributed by atoms with Gasteiger partial charge in [-0.3, -0.25) is 0 Å². The number of hydrogen-bond acceptors (Lipinski definition) is 0. The molecule has 0 aliphatic rings. The third-order valence-corrected chi connectivity index (χ3v) is 19.4. The van der Waals surface area contributed by atoms with Crippen LogP contribution in [-0.4, -0.2) is 47.9 Å². The van der Waals surface area contributed by atoms with Crippen molar-refractivity contribution in [3.05, 3.63) is 24.3 Å². The summed E-state index contributed by atoms with van der Waals surface area (Å²) < 4.78 is 36.7. The van der Waals surface area contributed by atoms with Crippen molar-refractivity contribution in [2.75, 3.05) is 0 Å². The SMILES string of the molecule is [3H][Si]([3H])(CCC(CCC)CCCC(CC[Si](C)(C)C)CC[Si]([3H])([3H])CCC(CCC)CCC=CCC[Si](C)(C)C)CCC(CCC=CCCC)CC[Si](C)(C)C. The van der Waals surface area contributed by atoms with Crippen molar-refractivity contribution >= 4 is 43.0 Å². The summed E-state index contributed by atoms with van der Waals surface area (Å²) in [7, 11) is -8.60. The lowest BCUT2D eigenvalue weighted by molar-refractivity contribution is 0.369. The summed E-state index contributed by atoms with van der Waals surface area (Å²) in [6.45, 7) is 29.2. The van der Waals surface area contributed by atoms with Gasteiger partial charge >= 0.3 is 0 Å². The predicted molar refractivity (Wildman–Crippen MR) is 262 cm³/mol. The molecule has 0 saturated heterocycles. The van der Waals surface area contributed by atoms with E-state index < -0.39 is 43.0 Å². The summed E-state index contributed by atoms with van der Waals surface area (Å²) in [5, 5.41) is 0. The van der Waals surface area contributed by atoms with E-state index in [1.54, 1.807) is 0 Å². The maximum atomic E-state index is 9.18. The predicted octanol–water partition coefficient (Wildman–Crippen LogP) is 16.5. The molecule has 0 saturated carbocycles. The van der Waals surface area contributed by atoms with Gasteiger partial charge in [0.05, 0.1) is 0 Å². The number of allylic oxidation sites excluding steroid dienone is 4. The molecule has 0 aromatic carbocycles. The fraction of sp³-hybridized carbons (Fsp3) is 0.915. The average molecular weight is 816 g/mol. The van der Waals surface area contributed by atoms with Crippen LogP contribution in [0.3, 0.4) is 0 Å². The van der Waals surface area contributed by atoms with Crippen molar-refractivity contribution in [2.24, 2.45) is 23.7 Å². The Morgan fingerprint density at radius 1 is 0.385 bits per heavy atom. The zero-order valence-corrected chi connectivity index (χ0v) is 43.2. The summed E-state index contributed by atoms with van der Waals surface area (Å²) in [4.78, 5) is 0. The molecule has 0 heterocycles. The fourth-order valence-electron chi connectivity index (χ4n) is 7.81. The highest BCUT2D eigenvalue weighted by Gasteiger charge is 2.19. The molecule has 0 radical (unpaired) electrons. The minimum atomic E-state index is -2.71. The standard InChI is InChI=1S/C47H102Si5/c1-13-16-17-18-21-28-46(35-42-51(7,8)9)33-39-49-38-32-45(26-15-3)29-24-30-47(36-43-52(10,11)12)34-40-48-37-31-44(25-14-2)27-22-19-20-23-41-50(4,5)6/h17-20,44-47H,13-16,21-43,48-49H2,1-12H3/i48T2,49T2. The Kier molecular flexibility index (Phi) is 28.4. The van der Waals surface area contributed by atoms with Crippen molar-refractivity contribution in [3.63, 3.8) is 0 Å². The molecule has 0 aromatic heterocycles. The van der Waals surface area contributed by atoms with Crippen LogP contribution in [0.1, 0.15) is 149 Å². The van der Waals surface area contributed by atoms with E-state index in [1.807, 2.05) is 0 Å². The molecule has 0 aliphatic heterocycles. The van der Waals surface area contributed by atoms with E-state index >= 15 is 0 Å². The minimum absolute atomic E-state index is 0.665. The largest absolute Gasteiger partial charge is 0.0888 e. The Bertz CT molecular complexity index is 996. The second-order valence-corrected chi connectivity index (χ2v) is 40.7. The summed E-state index contributed by atoms with van der Waals surface area (Å²) >= 11 is 0. The van der Waals surface area contributed by atoms with Crippen LogP contribution in [0.5, 0.6) is 0 Å². The highest BCUT2D eigenvalue weighted by molar-refractivity contribution is 6.76. The summed E-state index contributed by atoms with van der Waals surface area (Å²) in [5.74, 6) is 2.72. The van der Waals surface area contributed by atoms with E-state index in [9.17, 15) is 4.94 Å². The van der Waals surface area contributed by atoms with Crippen LogP contribution in [0, 0.1) is 23.7 Å². The van der Waals surface area contributed by atoms with Gasteiger partial charge in [-0.15, -0.1) is 0 Å². The zero-order chi connectivity index (χ0) is 42.7. The van der Waals surface area contributed by atoms with Gasteiger partial charge in [-0.2, -0.15) is 0 Å². The lowest BCUT2D eigenvalue weighted by Crippen LogP contribution is -2.20. The molecule has 0 N–H and O–H groups in total. The van der Waals surface area contributed by atoms with Gasteiger partial charge in [0.2, 0.25) is 0 Å². The first-order chi connectivity index (χ1) is 26.0. The van der Waals surface area contributed by atoms with Crippen LogP contribution in [0.4, 0.5) is 0 Å². The van der Waals surface area contributed by atoms with Gasteiger partial charge in [-0.05, 0) is 62.2 Å². The van der Waals surface area contributed by atoms with E-state index in [-0.39, 0.29) is 0 Å². The van der Waals surface area contributed by atoms with Crippen molar-refractivity contribution < 1.29 is 0 Å². The Balaban J connectivity index is 5.16. The molecule has 0 spiro atoms. The second-order valence-electron chi connectivity index (χ2n) is 20.8. The van der Waals surface area contributed by atoms with Crippen molar-refractivity contribution in [1.29, 1.82) is 4.94 Å². The second kappa shape index (κ2) is 32.6. The van der Waals surface area contributed by atoms with Gasteiger partial charge in [-0.25, -0.2) is 0 Å². The normalized spacial score (nSPS) is 17.2. The van der Waals surface area contributed by atoms with Gasteiger partial charge in [0.25, 0.3) is 0 Å². The Labute approximate surface area is 344 Å². The number of unbranched alkanes of at least 4 members (excludes halogenated alkanes) is 1. The quantitative estimate of drug-likeness (QED) is 0.0433. The molecule has 0 aromatic rings. The molecular formula is C47H102Si5. The lowest BCUT2D eigenvalue weighted by atomic mass is 9.90. The minimum Gasteiger partial charge on any atom is -0.0888 e. The zero-order valence-electron chi connectivity index (χ0n) is 42.2. The fourth-order valence-corrected chi connectivity index (χ4v) is 14.3. The van der Waals surface area contributed by atoms with Gasteiger partial charge in [-0.1, -0.05) is 236 Å².